The Bertz CT molecular complexity index is 544. The van der Waals surface area contributed by atoms with Gasteiger partial charge in [-0.15, -0.1) is 0 Å². The van der Waals surface area contributed by atoms with Crippen LogP contribution in [0.1, 0.15) is 23.8 Å². The number of nitrogens with zero attached hydrogens (tertiary/aromatic N) is 2. The predicted molar refractivity (Wildman–Crippen MR) is 76.0 cm³/mol. The summed E-state index contributed by atoms with van der Waals surface area (Å²) in [6.45, 7) is 0. The fourth-order valence-corrected chi connectivity index (χ4v) is 2.12. The van der Waals surface area contributed by atoms with Crippen LogP contribution in [0.2, 0.25) is 0 Å². The van der Waals surface area contributed by atoms with Crippen LogP contribution < -0.4 is 9.47 Å². The Hall–Kier alpha value is -2.01. The molecule has 1 N–H and O–H groups in total. The summed E-state index contributed by atoms with van der Waals surface area (Å²) < 4.78 is 12.2. The van der Waals surface area contributed by atoms with Gasteiger partial charge >= 0.3 is 0 Å². The number of aromatic nitrogens is 2. The molecule has 5 heteroatoms. The zero-order chi connectivity index (χ0) is 14.5. The molecular weight excluding hydrogens is 256 g/mol. The van der Waals surface area contributed by atoms with Crippen molar-refractivity contribution in [1.82, 2.24) is 9.78 Å². The summed E-state index contributed by atoms with van der Waals surface area (Å²) in [6, 6.07) is 7.41. The Morgan fingerprint density at radius 1 is 1.20 bits per heavy atom. The van der Waals surface area contributed by atoms with Gasteiger partial charge in [0.05, 0.1) is 20.3 Å². The van der Waals surface area contributed by atoms with Crippen LogP contribution in [0, 0.1) is 0 Å². The maximum Gasteiger partial charge on any atom is 0.122 e. The van der Waals surface area contributed by atoms with E-state index in [9.17, 15) is 5.11 Å². The molecule has 2 aromatic rings. The van der Waals surface area contributed by atoms with Crippen LogP contribution in [0.25, 0.3) is 0 Å². The highest BCUT2D eigenvalue weighted by atomic mass is 16.5. The molecule has 0 spiro atoms. The van der Waals surface area contributed by atoms with Gasteiger partial charge in [0, 0.05) is 25.0 Å². The lowest BCUT2D eigenvalue weighted by Gasteiger charge is -2.14. The lowest BCUT2D eigenvalue weighted by atomic mass is 10.0. The number of aliphatic hydroxyl groups excluding tert-OH is 1. The molecular formula is C15H20N2O3. The minimum atomic E-state index is -0.561. The molecule has 0 aliphatic carbocycles. The van der Waals surface area contributed by atoms with Gasteiger partial charge in [-0.1, -0.05) is 0 Å². The van der Waals surface area contributed by atoms with Gasteiger partial charge < -0.3 is 14.6 Å². The molecule has 0 fully saturated rings. The molecule has 5 nitrogen and oxygen atoms in total. The molecule has 0 aliphatic rings. The fraction of sp³-hybridized carbons (Fsp3) is 0.400. The number of aliphatic hydroxyl groups is 1. The van der Waals surface area contributed by atoms with Gasteiger partial charge in [-0.3, -0.25) is 4.68 Å². The third-order valence-electron chi connectivity index (χ3n) is 3.35. The quantitative estimate of drug-likeness (QED) is 0.878. The van der Waals surface area contributed by atoms with Gasteiger partial charge in [-0.25, -0.2) is 0 Å². The maximum atomic E-state index is 10.3. The van der Waals surface area contributed by atoms with Crippen molar-refractivity contribution in [2.45, 2.75) is 18.9 Å². The third kappa shape index (κ3) is 3.30. The maximum absolute atomic E-state index is 10.3. The van der Waals surface area contributed by atoms with Crippen LogP contribution in [0.15, 0.2) is 30.5 Å². The van der Waals surface area contributed by atoms with Gasteiger partial charge in [0.2, 0.25) is 0 Å². The van der Waals surface area contributed by atoms with E-state index >= 15 is 0 Å². The number of methoxy groups -OCH3 is 2. The molecule has 0 amide bonds. The second kappa shape index (κ2) is 6.43. The molecule has 1 atom stereocenters. The molecule has 108 valence electrons. The second-order valence-electron chi connectivity index (χ2n) is 4.65. The minimum Gasteiger partial charge on any atom is -0.497 e. The van der Waals surface area contributed by atoms with Gasteiger partial charge in [0.15, 0.2) is 0 Å². The molecule has 1 heterocycles. The number of ether oxygens (including phenoxy) is 2. The Labute approximate surface area is 118 Å². The summed E-state index contributed by atoms with van der Waals surface area (Å²) in [6.07, 6.45) is 2.58. The normalized spacial score (nSPS) is 12.2. The first kappa shape index (κ1) is 14.4. The zero-order valence-corrected chi connectivity index (χ0v) is 12.0. The fourth-order valence-electron chi connectivity index (χ4n) is 2.12. The standard InChI is InChI=1S/C15H20N2O3/c1-17-12(6-7-16-17)4-5-15(18)11-8-13(19-2)10-14(9-11)20-3/h6-10,15,18H,4-5H2,1-3H3. The number of benzene rings is 1. The SMILES string of the molecule is COc1cc(OC)cc(C(O)CCc2ccnn2C)c1. The third-order valence-corrected chi connectivity index (χ3v) is 3.35. The first-order valence-corrected chi connectivity index (χ1v) is 6.52. The highest BCUT2D eigenvalue weighted by Gasteiger charge is 2.12. The summed E-state index contributed by atoms with van der Waals surface area (Å²) in [5.41, 5.74) is 1.89. The van der Waals surface area contributed by atoms with Crippen LogP contribution in [0.4, 0.5) is 0 Å². The smallest absolute Gasteiger partial charge is 0.122 e. The average molecular weight is 276 g/mol. The van der Waals surface area contributed by atoms with Crippen molar-refractivity contribution in [1.29, 1.82) is 0 Å². The second-order valence-corrected chi connectivity index (χ2v) is 4.65. The minimum absolute atomic E-state index is 0.561. The Balaban J connectivity index is 2.08. The van der Waals surface area contributed by atoms with Gasteiger partial charge in [0.25, 0.3) is 0 Å². The van der Waals surface area contributed by atoms with Crippen LogP contribution in [-0.2, 0) is 13.5 Å². The van der Waals surface area contributed by atoms with E-state index in [1.807, 2.05) is 29.9 Å². The van der Waals surface area contributed by atoms with E-state index in [-0.39, 0.29) is 0 Å². The first-order chi connectivity index (χ1) is 9.63. The van der Waals surface area contributed by atoms with Crippen LogP contribution in [0.5, 0.6) is 11.5 Å². The van der Waals surface area contributed by atoms with E-state index in [1.54, 1.807) is 26.5 Å². The van der Waals surface area contributed by atoms with Crippen LogP contribution >= 0.6 is 0 Å². The lowest BCUT2D eigenvalue weighted by Crippen LogP contribution is -2.04. The van der Waals surface area contributed by atoms with Crippen molar-refractivity contribution in [3.8, 4) is 11.5 Å². The summed E-state index contributed by atoms with van der Waals surface area (Å²) in [7, 11) is 5.09. The van der Waals surface area contributed by atoms with E-state index in [4.69, 9.17) is 9.47 Å². The van der Waals surface area contributed by atoms with Crippen molar-refractivity contribution < 1.29 is 14.6 Å². The summed E-state index contributed by atoms with van der Waals surface area (Å²) in [5.74, 6) is 1.36. The van der Waals surface area contributed by atoms with E-state index in [0.29, 0.717) is 17.9 Å². The lowest BCUT2D eigenvalue weighted by molar-refractivity contribution is 0.166. The van der Waals surface area contributed by atoms with Crippen molar-refractivity contribution in [3.05, 3.63) is 41.7 Å². The number of hydrogen-bond donors (Lipinski definition) is 1. The summed E-state index contributed by atoms with van der Waals surface area (Å²) in [4.78, 5) is 0. The van der Waals surface area contributed by atoms with Gasteiger partial charge in [0.1, 0.15) is 11.5 Å². The number of aryl methyl sites for hydroxylation is 2. The molecule has 1 aromatic carbocycles. The van der Waals surface area contributed by atoms with E-state index in [0.717, 1.165) is 17.7 Å². The molecule has 1 aromatic heterocycles. The van der Waals surface area contributed by atoms with Crippen molar-refractivity contribution in [3.63, 3.8) is 0 Å². The molecule has 2 rings (SSSR count). The summed E-state index contributed by atoms with van der Waals surface area (Å²) >= 11 is 0. The highest BCUT2D eigenvalue weighted by molar-refractivity contribution is 5.39. The Kier molecular flexibility index (Phi) is 4.63. The summed E-state index contributed by atoms with van der Waals surface area (Å²) in [5, 5.41) is 14.4. The molecule has 0 radical (unpaired) electrons. The average Bonchev–Trinajstić information content (AvgIpc) is 2.89. The topological polar surface area (TPSA) is 56.5 Å². The highest BCUT2D eigenvalue weighted by Crippen LogP contribution is 2.28. The van der Waals surface area contributed by atoms with Crippen LogP contribution in [-0.4, -0.2) is 29.1 Å². The number of hydrogen-bond acceptors (Lipinski definition) is 4. The van der Waals surface area contributed by atoms with Gasteiger partial charge in [-0.2, -0.15) is 5.10 Å². The van der Waals surface area contributed by atoms with E-state index in [2.05, 4.69) is 5.10 Å². The van der Waals surface area contributed by atoms with Crippen molar-refractivity contribution >= 4 is 0 Å². The van der Waals surface area contributed by atoms with Crippen molar-refractivity contribution in [2.24, 2.45) is 7.05 Å². The molecule has 0 saturated heterocycles. The van der Waals surface area contributed by atoms with E-state index in [1.165, 1.54) is 0 Å². The zero-order valence-electron chi connectivity index (χ0n) is 12.0. The molecule has 20 heavy (non-hydrogen) atoms. The first-order valence-electron chi connectivity index (χ1n) is 6.52. The molecule has 1 unspecified atom stereocenters. The number of rotatable bonds is 6. The Morgan fingerprint density at radius 2 is 1.85 bits per heavy atom. The predicted octanol–water partition coefficient (Wildman–Crippen LogP) is 2.10. The van der Waals surface area contributed by atoms with Gasteiger partial charge in [-0.05, 0) is 36.6 Å². The van der Waals surface area contributed by atoms with Crippen molar-refractivity contribution in [2.75, 3.05) is 14.2 Å². The monoisotopic (exact) mass is 276 g/mol. The molecule has 0 saturated carbocycles. The molecule has 0 bridgehead atoms. The Morgan fingerprint density at radius 3 is 2.35 bits per heavy atom. The molecule has 0 aliphatic heterocycles. The largest absolute Gasteiger partial charge is 0.497 e. The van der Waals surface area contributed by atoms with E-state index < -0.39 is 6.10 Å². The van der Waals surface area contributed by atoms with Crippen LogP contribution in [0.3, 0.4) is 0 Å².